The van der Waals surface area contributed by atoms with Crippen LogP contribution in [-0.4, -0.2) is 32.7 Å². The Kier molecular flexibility index (Phi) is 5.35. The summed E-state index contributed by atoms with van der Waals surface area (Å²) in [7, 11) is 0. The highest BCUT2D eigenvalue weighted by molar-refractivity contribution is 5.97. The van der Waals surface area contributed by atoms with Crippen LogP contribution >= 0.6 is 0 Å². The van der Waals surface area contributed by atoms with E-state index in [2.05, 4.69) is 25.9 Å². The maximum Gasteiger partial charge on any atom is 0.307 e. The molecule has 0 amide bonds. The van der Waals surface area contributed by atoms with Gasteiger partial charge in [-0.25, -0.2) is 9.97 Å². The van der Waals surface area contributed by atoms with Gasteiger partial charge in [0, 0.05) is 41.3 Å². The lowest BCUT2D eigenvalue weighted by atomic mass is 10.1. The highest BCUT2D eigenvalue weighted by Gasteiger charge is 2.23. The van der Waals surface area contributed by atoms with Crippen molar-refractivity contribution in [2.45, 2.75) is 20.1 Å². The number of benzene rings is 2. The lowest BCUT2D eigenvalue weighted by molar-refractivity contribution is -0.387. The summed E-state index contributed by atoms with van der Waals surface area (Å²) in [5.74, 6) is -0.639. The minimum atomic E-state index is -0.976. The molecule has 0 unspecified atom stereocenters. The second-order valence-electron chi connectivity index (χ2n) is 7.42. The highest BCUT2D eigenvalue weighted by atomic mass is 19.1. The number of nitro benzene ring substituents is 1. The van der Waals surface area contributed by atoms with Crippen molar-refractivity contribution >= 4 is 28.2 Å². The van der Waals surface area contributed by atoms with E-state index in [9.17, 15) is 14.5 Å². The number of nitrogens with one attached hydrogen (secondary N) is 1. The molecule has 9 nitrogen and oxygen atoms in total. The van der Waals surface area contributed by atoms with Gasteiger partial charge in [-0.15, -0.1) is 0 Å². The second kappa shape index (κ2) is 8.47. The number of hydrogen-bond donors (Lipinski definition) is 1. The molecule has 0 saturated heterocycles. The third-order valence-electron chi connectivity index (χ3n) is 5.48. The van der Waals surface area contributed by atoms with Crippen molar-refractivity contribution in [2.75, 3.05) is 18.5 Å². The average molecular weight is 449 g/mol. The summed E-state index contributed by atoms with van der Waals surface area (Å²) in [6.45, 7) is 3.86. The summed E-state index contributed by atoms with van der Waals surface area (Å²) in [5, 5.41) is 15.2. The van der Waals surface area contributed by atoms with Crippen LogP contribution in [0.15, 0.2) is 48.7 Å². The van der Waals surface area contributed by atoms with Crippen LogP contribution in [0.2, 0.25) is 0 Å². The summed E-state index contributed by atoms with van der Waals surface area (Å²) in [5.41, 5.74) is 3.30. The third-order valence-corrected chi connectivity index (χ3v) is 5.48. The standard InChI is InChI=1S/C23H20FN5O4/c1-2-33-21-11-15(24)19(29(30)31)12-17(21)27-23-25-8-7-16(26-23)22-14-5-3-4-6-18(14)28-9-10-32-13-20(22)28/h3-8,11-12H,2,9-10,13H2,1H3,(H,25,26,27). The Hall–Kier alpha value is -4.05. The molecule has 0 fully saturated rings. The molecule has 2 aromatic heterocycles. The predicted molar refractivity (Wildman–Crippen MR) is 120 cm³/mol. The molecular weight excluding hydrogens is 429 g/mol. The number of halogens is 1. The van der Waals surface area contributed by atoms with Gasteiger partial charge in [0.05, 0.1) is 41.8 Å². The monoisotopic (exact) mass is 449 g/mol. The molecule has 4 aromatic rings. The molecule has 0 aliphatic carbocycles. The first-order chi connectivity index (χ1) is 16.1. The number of ether oxygens (including phenoxy) is 2. The Morgan fingerprint density at radius 2 is 2.15 bits per heavy atom. The summed E-state index contributed by atoms with van der Waals surface area (Å²) in [6.07, 6.45) is 1.60. The van der Waals surface area contributed by atoms with Crippen molar-refractivity contribution in [2.24, 2.45) is 0 Å². The molecule has 0 saturated carbocycles. The number of para-hydroxylation sites is 1. The van der Waals surface area contributed by atoms with Gasteiger partial charge in [-0.1, -0.05) is 18.2 Å². The average Bonchev–Trinajstić information content (AvgIpc) is 3.15. The van der Waals surface area contributed by atoms with E-state index in [0.717, 1.165) is 40.8 Å². The van der Waals surface area contributed by atoms with E-state index in [-0.39, 0.29) is 24.0 Å². The number of fused-ring (bicyclic) bond motifs is 3. The first-order valence-corrected chi connectivity index (χ1v) is 10.5. The van der Waals surface area contributed by atoms with Gasteiger partial charge in [0.1, 0.15) is 5.75 Å². The van der Waals surface area contributed by atoms with Gasteiger partial charge >= 0.3 is 5.69 Å². The van der Waals surface area contributed by atoms with Crippen molar-refractivity contribution in [3.63, 3.8) is 0 Å². The Bertz CT molecular complexity index is 1370. The SMILES string of the molecule is CCOc1cc(F)c([N+](=O)[O-])cc1Nc1nccc(-c2c3n(c4ccccc24)CCOC3)n1. The van der Waals surface area contributed by atoms with Crippen molar-refractivity contribution < 1.29 is 18.8 Å². The van der Waals surface area contributed by atoms with E-state index in [0.29, 0.717) is 18.9 Å². The molecule has 10 heteroatoms. The number of hydrogen-bond acceptors (Lipinski definition) is 7. The van der Waals surface area contributed by atoms with Gasteiger partial charge in [-0.05, 0) is 19.1 Å². The van der Waals surface area contributed by atoms with E-state index in [1.807, 2.05) is 18.2 Å². The number of nitro groups is 1. The summed E-state index contributed by atoms with van der Waals surface area (Å²) < 4.78 is 27.5. The van der Waals surface area contributed by atoms with Crippen LogP contribution in [-0.2, 0) is 17.9 Å². The van der Waals surface area contributed by atoms with E-state index >= 15 is 0 Å². The van der Waals surface area contributed by atoms with Crippen molar-refractivity contribution in [1.82, 2.24) is 14.5 Å². The van der Waals surface area contributed by atoms with Gasteiger partial charge in [0.2, 0.25) is 11.8 Å². The molecule has 3 heterocycles. The van der Waals surface area contributed by atoms with Crippen LogP contribution in [0.3, 0.4) is 0 Å². The fourth-order valence-corrected chi connectivity index (χ4v) is 4.11. The van der Waals surface area contributed by atoms with E-state index in [1.165, 1.54) is 0 Å². The molecular formula is C23H20FN5O4. The first kappa shape index (κ1) is 20.8. The molecule has 1 aliphatic rings. The number of aromatic nitrogens is 3. The fourth-order valence-electron chi connectivity index (χ4n) is 4.11. The third kappa shape index (κ3) is 3.74. The van der Waals surface area contributed by atoms with Crippen LogP contribution in [0.1, 0.15) is 12.6 Å². The summed E-state index contributed by atoms with van der Waals surface area (Å²) in [6, 6.07) is 12.0. The normalized spacial score (nSPS) is 13.0. The zero-order chi connectivity index (χ0) is 22.9. The van der Waals surface area contributed by atoms with Crippen molar-refractivity contribution in [1.29, 1.82) is 0 Å². The van der Waals surface area contributed by atoms with Gasteiger partial charge < -0.3 is 19.4 Å². The smallest absolute Gasteiger partial charge is 0.307 e. The Labute approximate surface area is 188 Å². The van der Waals surface area contributed by atoms with Crippen LogP contribution in [0.25, 0.3) is 22.2 Å². The van der Waals surface area contributed by atoms with Crippen LogP contribution in [0.4, 0.5) is 21.7 Å². The number of anilines is 2. The Morgan fingerprint density at radius 1 is 1.30 bits per heavy atom. The Balaban J connectivity index is 1.59. The molecule has 1 aliphatic heterocycles. The van der Waals surface area contributed by atoms with Gasteiger partial charge in [-0.2, -0.15) is 4.39 Å². The molecule has 33 heavy (non-hydrogen) atoms. The highest BCUT2D eigenvalue weighted by Crippen LogP contribution is 2.37. The lowest BCUT2D eigenvalue weighted by Crippen LogP contribution is -2.16. The molecule has 5 rings (SSSR count). The number of rotatable bonds is 6. The Morgan fingerprint density at radius 3 is 2.97 bits per heavy atom. The van der Waals surface area contributed by atoms with Gasteiger partial charge in [0.15, 0.2) is 0 Å². The van der Waals surface area contributed by atoms with Gasteiger partial charge in [0.25, 0.3) is 0 Å². The molecule has 0 bridgehead atoms. The zero-order valence-electron chi connectivity index (χ0n) is 17.7. The topological polar surface area (TPSA) is 104 Å². The molecule has 0 atom stereocenters. The largest absolute Gasteiger partial charge is 0.492 e. The maximum absolute atomic E-state index is 14.1. The molecule has 0 spiro atoms. The van der Waals surface area contributed by atoms with E-state index in [4.69, 9.17) is 9.47 Å². The predicted octanol–water partition coefficient (Wildman–Crippen LogP) is 4.82. The van der Waals surface area contributed by atoms with Crippen LogP contribution in [0, 0.1) is 15.9 Å². The summed E-state index contributed by atoms with van der Waals surface area (Å²) >= 11 is 0. The fraction of sp³-hybridized carbons (Fsp3) is 0.217. The van der Waals surface area contributed by atoms with Crippen LogP contribution in [0.5, 0.6) is 5.75 Å². The first-order valence-electron chi connectivity index (χ1n) is 10.5. The minimum Gasteiger partial charge on any atom is -0.492 e. The maximum atomic E-state index is 14.1. The molecule has 0 radical (unpaired) electrons. The minimum absolute atomic E-state index is 0.134. The quantitative estimate of drug-likeness (QED) is 0.332. The van der Waals surface area contributed by atoms with Gasteiger partial charge in [-0.3, -0.25) is 10.1 Å². The number of nitrogens with zero attached hydrogens (tertiary/aromatic N) is 4. The molecule has 2 aromatic carbocycles. The van der Waals surface area contributed by atoms with Crippen molar-refractivity contribution in [3.8, 4) is 17.0 Å². The van der Waals surface area contributed by atoms with E-state index in [1.54, 1.807) is 19.2 Å². The zero-order valence-corrected chi connectivity index (χ0v) is 17.7. The second-order valence-corrected chi connectivity index (χ2v) is 7.42. The van der Waals surface area contributed by atoms with E-state index < -0.39 is 16.4 Å². The molecule has 168 valence electrons. The van der Waals surface area contributed by atoms with Crippen LogP contribution < -0.4 is 10.1 Å². The molecule has 1 N–H and O–H groups in total. The lowest BCUT2D eigenvalue weighted by Gasteiger charge is -2.18. The summed E-state index contributed by atoms with van der Waals surface area (Å²) in [4.78, 5) is 19.3. The van der Waals surface area contributed by atoms with Crippen molar-refractivity contribution in [3.05, 3.63) is 70.3 Å².